The Kier molecular flexibility index (Phi) is 4.80. The van der Waals surface area contributed by atoms with Crippen molar-refractivity contribution in [3.05, 3.63) is 17.6 Å². The first-order chi connectivity index (χ1) is 11.1. The normalized spacial score (nSPS) is 23.4. The van der Waals surface area contributed by atoms with Crippen LogP contribution in [0.1, 0.15) is 44.1 Å². The van der Waals surface area contributed by atoms with Gasteiger partial charge in [-0.2, -0.15) is 0 Å². The molecule has 0 bridgehead atoms. The van der Waals surface area contributed by atoms with Gasteiger partial charge in [-0.15, -0.1) is 0 Å². The first kappa shape index (κ1) is 16.2. The van der Waals surface area contributed by atoms with Crippen molar-refractivity contribution in [2.45, 2.75) is 58.0 Å². The van der Waals surface area contributed by atoms with Crippen molar-refractivity contribution in [1.29, 1.82) is 0 Å². The van der Waals surface area contributed by atoms with Gasteiger partial charge in [0.1, 0.15) is 11.6 Å². The van der Waals surface area contributed by atoms with Gasteiger partial charge in [-0.3, -0.25) is 9.69 Å². The molecule has 1 unspecified atom stereocenters. The Morgan fingerprint density at radius 3 is 2.65 bits per heavy atom. The van der Waals surface area contributed by atoms with Gasteiger partial charge < -0.3 is 10.6 Å². The molecule has 126 valence electrons. The number of hydrogen-bond donors (Lipinski definition) is 1. The molecule has 2 saturated heterocycles. The summed E-state index contributed by atoms with van der Waals surface area (Å²) in [6, 6.07) is 2.52. The summed E-state index contributed by atoms with van der Waals surface area (Å²) in [6.45, 7) is 7.04. The van der Waals surface area contributed by atoms with E-state index in [-0.39, 0.29) is 11.9 Å². The van der Waals surface area contributed by atoms with E-state index in [0.29, 0.717) is 6.04 Å². The minimum absolute atomic E-state index is 0.0560. The lowest BCUT2D eigenvalue weighted by atomic mass is 10.0. The predicted octanol–water partition coefficient (Wildman–Crippen LogP) is 1.27. The van der Waals surface area contributed by atoms with Crippen LogP contribution in [-0.4, -0.2) is 52.5 Å². The van der Waals surface area contributed by atoms with E-state index in [2.05, 4.69) is 32.8 Å². The lowest BCUT2D eigenvalue weighted by molar-refractivity contribution is -0.123. The number of amides is 1. The van der Waals surface area contributed by atoms with Crippen LogP contribution in [-0.2, 0) is 11.2 Å². The molecule has 1 aromatic rings. The van der Waals surface area contributed by atoms with Crippen LogP contribution in [0.3, 0.4) is 0 Å². The summed E-state index contributed by atoms with van der Waals surface area (Å²) < 4.78 is 0. The molecule has 23 heavy (non-hydrogen) atoms. The molecule has 1 amide bonds. The molecule has 6 nitrogen and oxygen atoms in total. The van der Waals surface area contributed by atoms with Gasteiger partial charge >= 0.3 is 0 Å². The van der Waals surface area contributed by atoms with Crippen LogP contribution in [0, 0.1) is 6.92 Å². The molecule has 2 fully saturated rings. The summed E-state index contributed by atoms with van der Waals surface area (Å²) in [5.41, 5.74) is 6.65. The summed E-state index contributed by atoms with van der Waals surface area (Å²) in [6.07, 6.45) is 5.06. The number of rotatable bonds is 4. The van der Waals surface area contributed by atoms with E-state index in [9.17, 15) is 4.79 Å². The van der Waals surface area contributed by atoms with Crippen LogP contribution in [0.2, 0.25) is 0 Å². The highest BCUT2D eigenvalue weighted by molar-refractivity contribution is 5.80. The number of piperidine rings is 1. The number of nitrogens with zero attached hydrogens (tertiary/aromatic N) is 4. The maximum Gasteiger partial charge on any atom is 0.234 e. The average Bonchev–Trinajstić information content (AvgIpc) is 3.04. The first-order valence-electron chi connectivity index (χ1n) is 8.73. The van der Waals surface area contributed by atoms with E-state index in [1.807, 2.05) is 6.92 Å². The van der Waals surface area contributed by atoms with Gasteiger partial charge in [-0.05, 0) is 45.6 Å². The first-order valence-corrected chi connectivity index (χ1v) is 8.73. The Balaban J connectivity index is 1.64. The van der Waals surface area contributed by atoms with Crippen molar-refractivity contribution in [3.8, 4) is 0 Å². The maximum atomic E-state index is 11.6. The molecular weight excluding hydrogens is 290 g/mol. The highest BCUT2D eigenvalue weighted by atomic mass is 16.1. The van der Waals surface area contributed by atoms with Gasteiger partial charge in [-0.1, -0.05) is 6.92 Å². The van der Waals surface area contributed by atoms with Crippen molar-refractivity contribution in [2.75, 3.05) is 24.5 Å². The monoisotopic (exact) mass is 317 g/mol. The molecule has 1 atom stereocenters. The van der Waals surface area contributed by atoms with Crippen LogP contribution >= 0.6 is 0 Å². The summed E-state index contributed by atoms with van der Waals surface area (Å²) >= 11 is 0. The second-order valence-corrected chi connectivity index (χ2v) is 6.63. The number of nitrogens with two attached hydrogens (primary N) is 1. The third-order valence-corrected chi connectivity index (χ3v) is 5.12. The van der Waals surface area contributed by atoms with Crippen molar-refractivity contribution < 1.29 is 4.79 Å². The van der Waals surface area contributed by atoms with Gasteiger partial charge in [0.15, 0.2) is 0 Å². The van der Waals surface area contributed by atoms with Gasteiger partial charge in [0.25, 0.3) is 0 Å². The zero-order valence-electron chi connectivity index (χ0n) is 14.2. The summed E-state index contributed by atoms with van der Waals surface area (Å²) in [5, 5.41) is 0. The highest BCUT2D eigenvalue weighted by Crippen LogP contribution is 2.27. The minimum atomic E-state index is -0.163. The Hall–Kier alpha value is -1.69. The molecule has 1 aromatic heterocycles. The summed E-state index contributed by atoms with van der Waals surface area (Å²) in [5.74, 6) is 1.72. The van der Waals surface area contributed by atoms with E-state index in [0.717, 1.165) is 69.1 Å². The maximum absolute atomic E-state index is 11.6. The summed E-state index contributed by atoms with van der Waals surface area (Å²) in [4.78, 5) is 25.3. The molecule has 0 aromatic carbocycles. The number of carbonyl (C=O) groups excluding carboxylic acids is 1. The van der Waals surface area contributed by atoms with Crippen LogP contribution in [0.25, 0.3) is 0 Å². The van der Waals surface area contributed by atoms with E-state index < -0.39 is 0 Å². The number of anilines is 1. The molecule has 0 spiro atoms. The quantitative estimate of drug-likeness (QED) is 0.905. The fourth-order valence-electron chi connectivity index (χ4n) is 3.91. The Labute approximate surface area is 138 Å². The van der Waals surface area contributed by atoms with Crippen LogP contribution in [0.4, 0.5) is 5.82 Å². The number of hydrogen-bond acceptors (Lipinski definition) is 5. The Morgan fingerprint density at radius 2 is 2.00 bits per heavy atom. The van der Waals surface area contributed by atoms with Crippen LogP contribution in [0.15, 0.2) is 6.07 Å². The van der Waals surface area contributed by atoms with Crippen molar-refractivity contribution >= 4 is 11.7 Å². The van der Waals surface area contributed by atoms with E-state index in [4.69, 9.17) is 5.73 Å². The van der Waals surface area contributed by atoms with Crippen molar-refractivity contribution in [3.63, 3.8) is 0 Å². The van der Waals surface area contributed by atoms with Crippen molar-refractivity contribution in [2.24, 2.45) is 5.73 Å². The number of aryl methyl sites for hydroxylation is 2. The number of primary amides is 1. The summed E-state index contributed by atoms with van der Waals surface area (Å²) in [7, 11) is 0. The molecule has 2 N–H and O–H groups in total. The van der Waals surface area contributed by atoms with Gasteiger partial charge in [-0.25, -0.2) is 9.97 Å². The largest absolute Gasteiger partial charge is 0.368 e. The van der Waals surface area contributed by atoms with Gasteiger partial charge in [0, 0.05) is 30.9 Å². The van der Waals surface area contributed by atoms with E-state index in [1.54, 1.807) is 0 Å². The van der Waals surface area contributed by atoms with Gasteiger partial charge in [0.05, 0.1) is 6.04 Å². The fraction of sp³-hybridized carbons (Fsp3) is 0.706. The van der Waals surface area contributed by atoms with E-state index >= 15 is 0 Å². The Bertz CT molecular complexity index is 568. The molecule has 2 aliphatic heterocycles. The molecule has 2 aliphatic rings. The lowest BCUT2D eigenvalue weighted by Gasteiger charge is -2.39. The SMILES string of the molecule is CCc1cc(N2CCC(N3CCCC3C(N)=O)CC2)nc(C)n1. The third kappa shape index (κ3) is 3.47. The highest BCUT2D eigenvalue weighted by Gasteiger charge is 2.35. The lowest BCUT2D eigenvalue weighted by Crippen LogP contribution is -2.50. The molecule has 6 heteroatoms. The second kappa shape index (κ2) is 6.83. The molecule has 3 heterocycles. The zero-order chi connectivity index (χ0) is 16.4. The third-order valence-electron chi connectivity index (χ3n) is 5.12. The molecular formula is C17H27N5O. The topological polar surface area (TPSA) is 75.3 Å². The van der Waals surface area contributed by atoms with Crippen molar-refractivity contribution in [1.82, 2.24) is 14.9 Å². The van der Waals surface area contributed by atoms with E-state index in [1.165, 1.54) is 0 Å². The van der Waals surface area contributed by atoms with Crippen LogP contribution < -0.4 is 10.6 Å². The molecule has 0 radical (unpaired) electrons. The standard InChI is InChI=1S/C17H27N5O/c1-3-13-11-16(20-12(2)19-13)21-9-6-14(7-10-21)22-8-4-5-15(22)17(18)23/h11,14-15H,3-10H2,1-2H3,(H2,18,23). The Morgan fingerprint density at radius 1 is 1.26 bits per heavy atom. The smallest absolute Gasteiger partial charge is 0.234 e. The predicted molar refractivity (Wildman–Crippen MR) is 90.3 cm³/mol. The minimum Gasteiger partial charge on any atom is -0.368 e. The average molecular weight is 317 g/mol. The number of likely N-dealkylation sites (tertiary alicyclic amines) is 1. The van der Waals surface area contributed by atoms with Gasteiger partial charge in [0.2, 0.25) is 5.91 Å². The number of aromatic nitrogens is 2. The molecule has 0 saturated carbocycles. The number of carbonyl (C=O) groups is 1. The molecule has 0 aliphatic carbocycles. The molecule has 3 rings (SSSR count). The zero-order valence-corrected chi connectivity index (χ0v) is 14.2. The van der Waals surface area contributed by atoms with Crippen LogP contribution in [0.5, 0.6) is 0 Å². The fourth-order valence-corrected chi connectivity index (χ4v) is 3.91. The second-order valence-electron chi connectivity index (χ2n) is 6.63.